The van der Waals surface area contributed by atoms with Crippen molar-refractivity contribution < 1.29 is 13.2 Å². The lowest BCUT2D eigenvalue weighted by atomic mass is 10.1. The van der Waals surface area contributed by atoms with Crippen LogP contribution in [0.2, 0.25) is 0 Å². The summed E-state index contributed by atoms with van der Waals surface area (Å²) in [5.41, 5.74) is 5.02. The van der Waals surface area contributed by atoms with Crippen molar-refractivity contribution in [3.05, 3.63) is 35.9 Å². The number of aryl methyl sites for hydroxylation is 1. The van der Waals surface area contributed by atoms with E-state index >= 15 is 0 Å². The first kappa shape index (κ1) is 10.5. The summed E-state index contributed by atoms with van der Waals surface area (Å²) in [4.78, 5) is 0. The minimum atomic E-state index is -1.57. The van der Waals surface area contributed by atoms with Gasteiger partial charge in [0.2, 0.25) is 0 Å². The molecule has 0 aliphatic rings. The normalized spacial score (nSPS) is 10.8. The van der Waals surface area contributed by atoms with E-state index in [1.807, 2.05) is 0 Å². The molecule has 2 rings (SSSR count). The highest BCUT2D eigenvalue weighted by Gasteiger charge is 2.18. The molecule has 2 aromatic rings. The second-order valence-electron chi connectivity index (χ2n) is 3.36. The Morgan fingerprint density at radius 3 is 2.44 bits per heavy atom. The molecular weight excluding hydrogens is 219 g/mol. The zero-order valence-electron chi connectivity index (χ0n) is 8.34. The van der Waals surface area contributed by atoms with Crippen LogP contribution in [0.4, 0.5) is 18.9 Å². The number of nitrogens with two attached hydrogens (primary N) is 1. The predicted molar refractivity (Wildman–Crippen MR) is 52.9 cm³/mol. The first-order chi connectivity index (χ1) is 7.50. The topological polar surface area (TPSA) is 43.8 Å². The van der Waals surface area contributed by atoms with Crippen LogP contribution in [0.5, 0.6) is 0 Å². The molecule has 0 bridgehead atoms. The van der Waals surface area contributed by atoms with E-state index in [9.17, 15) is 13.2 Å². The molecule has 0 fully saturated rings. The Balaban J connectivity index is 2.66. The van der Waals surface area contributed by atoms with Gasteiger partial charge in [0, 0.05) is 24.4 Å². The third-order valence-electron chi connectivity index (χ3n) is 2.19. The van der Waals surface area contributed by atoms with Crippen LogP contribution in [-0.4, -0.2) is 9.78 Å². The molecule has 0 saturated carbocycles. The van der Waals surface area contributed by atoms with Gasteiger partial charge in [-0.15, -0.1) is 0 Å². The second kappa shape index (κ2) is 3.55. The minimum Gasteiger partial charge on any atom is -0.396 e. The van der Waals surface area contributed by atoms with E-state index in [-0.39, 0.29) is 5.56 Å². The molecule has 0 radical (unpaired) electrons. The van der Waals surface area contributed by atoms with E-state index in [1.54, 1.807) is 7.05 Å². The number of anilines is 1. The van der Waals surface area contributed by atoms with Crippen LogP contribution < -0.4 is 5.73 Å². The molecule has 1 heterocycles. The summed E-state index contributed by atoms with van der Waals surface area (Å²) in [5, 5.41) is 3.81. The molecule has 2 N–H and O–H groups in total. The van der Waals surface area contributed by atoms with Gasteiger partial charge in [-0.05, 0) is 6.07 Å². The van der Waals surface area contributed by atoms with Gasteiger partial charge in [0.25, 0.3) is 0 Å². The maximum Gasteiger partial charge on any atom is 0.197 e. The van der Waals surface area contributed by atoms with Crippen molar-refractivity contribution in [2.75, 3.05) is 5.73 Å². The van der Waals surface area contributed by atoms with Gasteiger partial charge in [0.05, 0.1) is 11.9 Å². The Hall–Kier alpha value is -1.98. The Kier molecular flexibility index (Phi) is 2.34. The molecule has 0 atom stereocenters. The fourth-order valence-electron chi connectivity index (χ4n) is 1.39. The largest absolute Gasteiger partial charge is 0.396 e. The molecule has 16 heavy (non-hydrogen) atoms. The number of aromatic nitrogens is 2. The van der Waals surface area contributed by atoms with Crippen molar-refractivity contribution in [3.8, 4) is 11.1 Å². The van der Waals surface area contributed by atoms with E-state index < -0.39 is 23.1 Å². The number of nitrogen functional groups attached to an aromatic ring is 1. The lowest BCUT2D eigenvalue weighted by Crippen LogP contribution is -2.00. The van der Waals surface area contributed by atoms with Crippen LogP contribution in [0.3, 0.4) is 0 Å². The molecule has 84 valence electrons. The molecule has 6 heteroatoms. The van der Waals surface area contributed by atoms with E-state index in [4.69, 9.17) is 5.73 Å². The van der Waals surface area contributed by atoms with Crippen molar-refractivity contribution >= 4 is 5.69 Å². The fourth-order valence-corrected chi connectivity index (χ4v) is 1.39. The maximum atomic E-state index is 13.4. The number of nitrogens with zero attached hydrogens (tertiary/aromatic N) is 2. The number of rotatable bonds is 1. The van der Waals surface area contributed by atoms with Crippen LogP contribution in [-0.2, 0) is 7.05 Å². The average molecular weight is 227 g/mol. The quantitative estimate of drug-likeness (QED) is 0.598. The van der Waals surface area contributed by atoms with Crippen LogP contribution in [0.1, 0.15) is 0 Å². The highest BCUT2D eigenvalue weighted by molar-refractivity contribution is 5.67. The first-order valence-corrected chi connectivity index (χ1v) is 4.42. The fraction of sp³-hybridized carbons (Fsp3) is 0.100. The van der Waals surface area contributed by atoms with Crippen LogP contribution in [0, 0.1) is 17.5 Å². The van der Waals surface area contributed by atoms with Crippen molar-refractivity contribution in [3.63, 3.8) is 0 Å². The third-order valence-corrected chi connectivity index (χ3v) is 2.19. The summed E-state index contributed by atoms with van der Waals surface area (Å²) in [7, 11) is 1.63. The molecule has 0 spiro atoms. The molecular formula is C10H8F3N3. The van der Waals surface area contributed by atoms with Gasteiger partial charge in [-0.3, -0.25) is 4.68 Å². The Labute approximate surface area is 89.3 Å². The summed E-state index contributed by atoms with van der Waals surface area (Å²) >= 11 is 0. The third kappa shape index (κ3) is 1.52. The molecule has 0 aliphatic carbocycles. The minimum absolute atomic E-state index is 0.107. The van der Waals surface area contributed by atoms with Crippen molar-refractivity contribution in [1.29, 1.82) is 0 Å². The molecule has 3 nitrogen and oxygen atoms in total. The van der Waals surface area contributed by atoms with Gasteiger partial charge in [-0.2, -0.15) is 5.10 Å². The molecule has 1 aromatic heterocycles. The molecule has 0 unspecified atom stereocenters. The van der Waals surface area contributed by atoms with Crippen LogP contribution >= 0.6 is 0 Å². The van der Waals surface area contributed by atoms with E-state index in [1.165, 1.54) is 17.1 Å². The number of hydrogen-bond donors (Lipinski definition) is 1. The smallest absolute Gasteiger partial charge is 0.197 e. The Morgan fingerprint density at radius 2 is 1.88 bits per heavy atom. The summed E-state index contributed by atoms with van der Waals surface area (Å²) in [6.07, 6.45) is 2.82. The standard InChI is InChI=1S/C10H8F3N3/c1-16-4-5(3-15-16)6-2-7(14)9(12)10(13)8(6)11/h2-4H,14H2,1H3. The maximum absolute atomic E-state index is 13.4. The highest BCUT2D eigenvalue weighted by Crippen LogP contribution is 2.28. The van der Waals surface area contributed by atoms with Crippen LogP contribution in [0.25, 0.3) is 11.1 Å². The summed E-state index contributed by atoms with van der Waals surface area (Å²) < 4.78 is 40.9. The Bertz CT molecular complexity index is 548. The van der Waals surface area contributed by atoms with E-state index in [0.29, 0.717) is 5.56 Å². The SMILES string of the molecule is Cn1cc(-c2cc(N)c(F)c(F)c2F)cn1. The summed E-state index contributed by atoms with van der Waals surface area (Å²) in [6, 6.07) is 1.05. The molecule has 0 amide bonds. The first-order valence-electron chi connectivity index (χ1n) is 4.42. The van der Waals surface area contributed by atoms with Gasteiger partial charge in [0.1, 0.15) is 0 Å². The molecule has 0 aliphatic heterocycles. The lowest BCUT2D eigenvalue weighted by Gasteiger charge is -2.04. The zero-order chi connectivity index (χ0) is 11.9. The zero-order valence-corrected chi connectivity index (χ0v) is 8.34. The van der Waals surface area contributed by atoms with Gasteiger partial charge < -0.3 is 5.73 Å². The predicted octanol–water partition coefficient (Wildman–Crippen LogP) is 2.09. The number of halogens is 3. The second-order valence-corrected chi connectivity index (χ2v) is 3.36. The lowest BCUT2D eigenvalue weighted by molar-refractivity contribution is 0.451. The van der Waals surface area contributed by atoms with Crippen molar-refractivity contribution in [2.24, 2.45) is 7.05 Å². The van der Waals surface area contributed by atoms with Crippen molar-refractivity contribution in [2.45, 2.75) is 0 Å². The molecule has 1 aromatic carbocycles. The van der Waals surface area contributed by atoms with E-state index in [2.05, 4.69) is 5.10 Å². The van der Waals surface area contributed by atoms with E-state index in [0.717, 1.165) is 6.07 Å². The summed E-state index contributed by atoms with van der Waals surface area (Å²) in [5.74, 6) is -4.20. The van der Waals surface area contributed by atoms with Crippen LogP contribution in [0.15, 0.2) is 18.5 Å². The number of benzene rings is 1. The van der Waals surface area contributed by atoms with Crippen molar-refractivity contribution in [1.82, 2.24) is 9.78 Å². The molecule has 0 saturated heterocycles. The van der Waals surface area contributed by atoms with Gasteiger partial charge >= 0.3 is 0 Å². The van der Waals surface area contributed by atoms with Gasteiger partial charge in [-0.25, -0.2) is 13.2 Å². The monoisotopic (exact) mass is 227 g/mol. The Morgan fingerprint density at radius 1 is 1.19 bits per heavy atom. The summed E-state index contributed by atoms with van der Waals surface area (Å²) in [6.45, 7) is 0. The van der Waals surface area contributed by atoms with Gasteiger partial charge in [-0.1, -0.05) is 0 Å². The highest BCUT2D eigenvalue weighted by atomic mass is 19.2. The number of hydrogen-bond acceptors (Lipinski definition) is 2. The average Bonchev–Trinajstić information content (AvgIpc) is 2.67. The van der Waals surface area contributed by atoms with Gasteiger partial charge in [0.15, 0.2) is 17.5 Å².